The van der Waals surface area contributed by atoms with E-state index in [-0.39, 0.29) is 18.4 Å². The lowest BCUT2D eigenvalue weighted by Crippen LogP contribution is -2.16. The van der Waals surface area contributed by atoms with Gasteiger partial charge in [0.2, 0.25) is 11.8 Å². The van der Waals surface area contributed by atoms with E-state index in [4.69, 9.17) is 16.0 Å². The van der Waals surface area contributed by atoms with Crippen molar-refractivity contribution in [2.24, 2.45) is 0 Å². The Hall–Kier alpha value is -0.820. The first-order valence-corrected chi connectivity index (χ1v) is 4.43. The number of hydrogen-bond acceptors (Lipinski definition) is 4. The Morgan fingerprint density at radius 3 is 2.60 bits per heavy atom. The van der Waals surface area contributed by atoms with Crippen molar-refractivity contribution in [2.45, 2.75) is 25.1 Å². The summed E-state index contributed by atoms with van der Waals surface area (Å²) in [4.78, 5) is 0. The van der Waals surface area contributed by atoms with Crippen LogP contribution in [0, 0.1) is 0 Å². The maximum atomic E-state index is 11.7. The Bertz CT molecular complexity index is 313. The van der Waals surface area contributed by atoms with Crippen molar-refractivity contribution >= 4 is 11.6 Å². The molecule has 1 aromatic rings. The SMILES string of the molecule is CC(Cl)c1nnc(COCC(F)(F)F)o1. The molecule has 1 aromatic heterocycles. The van der Waals surface area contributed by atoms with E-state index < -0.39 is 18.2 Å². The Balaban J connectivity index is 2.38. The van der Waals surface area contributed by atoms with Crippen molar-refractivity contribution in [3.63, 3.8) is 0 Å². The molecule has 0 N–H and O–H groups in total. The van der Waals surface area contributed by atoms with Crippen molar-refractivity contribution < 1.29 is 22.3 Å². The van der Waals surface area contributed by atoms with Crippen molar-refractivity contribution in [1.29, 1.82) is 0 Å². The van der Waals surface area contributed by atoms with Crippen molar-refractivity contribution in [3.05, 3.63) is 11.8 Å². The molecule has 0 saturated heterocycles. The smallest absolute Gasteiger partial charge is 0.411 e. The second kappa shape index (κ2) is 4.80. The first kappa shape index (κ1) is 12.3. The summed E-state index contributed by atoms with van der Waals surface area (Å²) in [6.07, 6.45) is -4.36. The lowest BCUT2D eigenvalue weighted by atomic mass is 10.5. The minimum absolute atomic E-state index is 0.0262. The average molecular weight is 245 g/mol. The molecule has 15 heavy (non-hydrogen) atoms. The van der Waals surface area contributed by atoms with E-state index in [1.54, 1.807) is 6.92 Å². The highest BCUT2D eigenvalue weighted by Gasteiger charge is 2.27. The molecule has 1 rings (SSSR count). The zero-order valence-corrected chi connectivity index (χ0v) is 8.47. The van der Waals surface area contributed by atoms with Crippen molar-refractivity contribution in [1.82, 2.24) is 10.2 Å². The maximum absolute atomic E-state index is 11.7. The molecular weight excluding hydrogens is 237 g/mol. The number of halogens is 4. The van der Waals surface area contributed by atoms with Crippen LogP contribution in [-0.2, 0) is 11.3 Å². The van der Waals surface area contributed by atoms with Crippen LogP contribution in [0.5, 0.6) is 0 Å². The number of hydrogen-bond donors (Lipinski definition) is 0. The van der Waals surface area contributed by atoms with Crippen LogP contribution in [0.2, 0.25) is 0 Å². The van der Waals surface area contributed by atoms with Gasteiger partial charge < -0.3 is 9.15 Å². The number of ether oxygens (including phenoxy) is 1. The van der Waals surface area contributed by atoms with Crippen LogP contribution in [0.4, 0.5) is 13.2 Å². The van der Waals surface area contributed by atoms with Crippen LogP contribution < -0.4 is 0 Å². The molecular formula is C7H8ClF3N2O2. The third-order valence-electron chi connectivity index (χ3n) is 1.31. The Kier molecular flexibility index (Phi) is 3.92. The van der Waals surface area contributed by atoms with Gasteiger partial charge in [-0.3, -0.25) is 0 Å². The standard InChI is InChI=1S/C7H8ClF3N2O2/c1-4(8)6-13-12-5(15-6)2-14-3-7(9,10)11/h4H,2-3H2,1H3. The van der Waals surface area contributed by atoms with E-state index in [9.17, 15) is 13.2 Å². The molecule has 1 atom stereocenters. The molecule has 0 aromatic carbocycles. The molecule has 86 valence electrons. The first-order valence-electron chi connectivity index (χ1n) is 3.99. The largest absolute Gasteiger partial charge is 0.421 e. The van der Waals surface area contributed by atoms with Gasteiger partial charge in [0.1, 0.15) is 18.6 Å². The maximum Gasteiger partial charge on any atom is 0.411 e. The van der Waals surface area contributed by atoms with Gasteiger partial charge in [0.25, 0.3) is 0 Å². The van der Waals surface area contributed by atoms with Crippen LogP contribution in [0.25, 0.3) is 0 Å². The fraction of sp³-hybridized carbons (Fsp3) is 0.714. The molecule has 0 radical (unpaired) electrons. The highest BCUT2D eigenvalue weighted by molar-refractivity contribution is 6.20. The number of nitrogens with zero attached hydrogens (tertiary/aromatic N) is 2. The minimum Gasteiger partial charge on any atom is -0.421 e. The van der Waals surface area contributed by atoms with E-state index in [0.717, 1.165) is 0 Å². The highest BCUT2D eigenvalue weighted by atomic mass is 35.5. The van der Waals surface area contributed by atoms with Gasteiger partial charge in [-0.05, 0) is 6.92 Å². The summed E-state index contributed by atoms with van der Waals surface area (Å²) in [5.74, 6) is 0.129. The molecule has 0 aliphatic heterocycles. The first-order chi connectivity index (χ1) is 6.88. The van der Waals surface area contributed by atoms with Gasteiger partial charge in [-0.25, -0.2) is 0 Å². The van der Waals surface area contributed by atoms with Gasteiger partial charge >= 0.3 is 6.18 Å². The van der Waals surface area contributed by atoms with Crippen LogP contribution in [-0.4, -0.2) is 23.0 Å². The molecule has 1 heterocycles. The van der Waals surface area contributed by atoms with Crippen molar-refractivity contribution in [3.8, 4) is 0 Å². The molecule has 8 heteroatoms. The van der Waals surface area contributed by atoms with Crippen LogP contribution >= 0.6 is 11.6 Å². The van der Waals surface area contributed by atoms with Gasteiger partial charge in [0.15, 0.2) is 0 Å². The molecule has 4 nitrogen and oxygen atoms in total. The summed E-state index contributed by atoms with van der Waals surface area (Å²) in [7, 11) is 0. The molecule has 0 amide bonds. The molecule has 0 spiro atoms. The summed E-state index contributed by atoms with van der Waals surface area (Å²) < 4.78 is 44.3. The molecule has 0 bridgehead atoms. The third kappa shape index (κ3) is 4.48. The fourth-order valence-electron chi connectivity index (χ4n) is 0.740. The topological polar surface area (TPSA) is 48.2 Å². The second-order valence-electron chi connectivity index (χ2n) is 2.76. The monoisotopic (exact) mass is 244 g/mol. The predicted molar refractivity (Wildman–Crippen MR) is 44.3 cm³/mol. The number of rotatable bonds is 4. The number of alkyl halides is 4. The zero-order chi connectivity index (χ0) is 11.5. The van der Waals surface area contributed by atoms with Gasteiger partial charge in [-0.15, -0.1) is 21.8 Å². The summed E-state index contributed by atoms with van der Waals surface area (Å²) >= 11 is 5.61. The van der Waals surface area contributed by atoms with E-state index in [0.29, 0.717) is 0 Å². The Morgan fingerprint density at radius 1 is 1.47 bits per heavy atom. The van der Waals surface area contributed by atoms with E-state index >= 15 is 0 Å². The van der Waals surface area contributed by atoms with Gasteiger partial charge in [-0.1, -0.05) is 0 Å². The third-order valence-corrected chi connectivity index (χ3v) is 1.50. The Morgan fingerprint density at radius 2 is 2.13 bits per heavy atom. The summed E-state index contributed by atoms with van der Waals surface area (Å²) in [5.41, 5.74) is 0. The van der Waals surface area contributed by atoms with E-state index in [1.165, 1.54) is 0 Å². The number of aromatic nitrogens is 2. The fourth-order valence-corrected chi connectivity index (χ4v) is 0.828. The summed E-state index contributed by atoms with van der Waals surface area (Å²) in [6, 6.07) is 0. The van der Waals surface area contributed by atoms with Crippen LogP contribution in [0.1, 0.15) is 24.1 Å². The summed E-state index contributed by atoms with van der Waals surface area (Å²) in [6.45, 7) is -0.118. The van der Waals surface area contributed by atoms with E-state index in [1.807, 2.05) is 0 Å². The lowest BCUT2D eigenvalue weighted by molar-refractivity contribution is -0.177. The molecule has 1 unspecified atom stereocenters. The highest BCUT2D eigenvalue weighted by Crippen LogP contribution is 2.18. The van der Waals surface area contributed by atoms with Crippen molar-refractivity contribution in [2.75, 3.05) is 6.61 Å². The van der Waals surface area contributed by atoms with Crippen LogP contribution in [0.15, 0.2) is 4.42 Å². The van der Waals surface area contributed by atoms with Gasteiger partial charge in [0, 0.05) is 0 Å². The predicted octanol–water partition coefficient (Wildman–Crippen LogP) is 2.45. The second-order valence-corrected chi connectivity index (χ2v) is 3.41. The molecule has 0 aliphatic carbocycles. The Labute approximate surface area is 88.4 Å². The zero-order valence-electron chi connectivity index (χ0n) is 7.71. The normalized spacial score (nSPS) is 14.2. The molecule has 0 aliphatic rings. The van der Waals surface area contributed by atoms with Gasteiger partial charge in [-0.2, -0.15) is 13.2 Å². The molecule has 0 fully saturated rings. The van der Waals surface area contributed by atoms with E-state index in [2.05, 4.69) is 14.9 Å². The summed E-state index contributed by atoms with van der Waals surface area (Å²) in [5, 5.41) is 6.51. The molecule has 0 saturated carbocycles. The van der Waals surface area contributed by atoms with Crippen LogP contribution in [0.3, 0.4) is 0 Å². The average Bonchev–Trinajstić information content (AvgIpc) is 2.50. The van der Waals surface area contributed by atoms with Gasteiger partial charge in [0.05, 0.1) is 0 Å². The quantitative estimate of drug-likeness (QED) is 0.764. The minimum atomic E-state index is -4.36. The lowest BCUT2D eigenvalue weighted by Gasteiger charge is -2.04.